The maximum Gasteiger partial charge on any atom is 0.287 e. The van der Waals surface area contributed by atoms with Gasteiger partial charge in [-0.15, -0.1) is 0 Å². The van der Waals surface area contributed by atoms with Gasteiger partial charge in [-0.25, -0.2) is 0 Å². The van der Waals surface area contributed by atoms with Crippen LogP contribution in [0.5, 0.6) is 0 Å². The lowest BCUT2D eigenvalue weighted by molar-refractivity contribution is 0.0903. The van der Waals surface area contributed by atoms with Gasteiger partial charge < -0.3 is 14.3 Å². The third-order valence-electron chi connectivity index (χ3n) is 3.23. The number of halogens is 1. The summed E-state index contributed by atoms with van der Waals surface area (Å²) in [7, 11) is 0. The van der Waals surface area contributed by atoms with Crippen LogP contribution in [-0.4, -0.2) is 16.0 Å². The Kier molecular flexibility index (Phi) is 4.16. The van der Waals surface area contributed by atoms with E-state index in [0.717, 1.165) is 5.56 Å². The number of aryl methyl sites for hydroxylation is 1. The van der Waals surface area contributed by atoms with Crippen LogP contribution in [0.4, 0.5) is 0 Å². The van der Waals surface area contributed by atoms with E-state index in [4.69, 9.17) is 20.5 Å². The van der Waals surface area contributed by atoms with Gasteiger partial charge in [0, 0.05) is 10.6 Å². The lowest BCUT2D eigenvalue weighted by atomic mass is 10.2. The summed E-state index contributed by atoms with van der Waals surface area (Å²) in [6, 6.07) is 9.99. The zero-order chi connectivity index (χ0) is 16.4. The van der Waals surface area contributed by atoms with Gasteiger partial charge in [-0.1, -0.05) is 16.8 Å². The molecule has 6 nitrogen and oxygen atoms in total. The van der Waals surface area contributed by atoms with Gasteiger partial charge in [0.25, 0.3) is 5.91 Å². The van der Waals surface area contributed by atoms with Crippen LogP contribution in [0.15, 0.2) is 45.3 Å². The molecule has 0 bridgehead atoms. The number of carbonyl (C=O) groups is 1. The lowest BCUT2D eigenvalue weighted by Gasteiger charge is -2.07. The number of aromatic nitrogens is 2. The summed E-state index contributed by atoms with van der Waals surface area (Å²) >= 11 is 5.85. The van der Waals surface area contributed by atoms with Gasteiger partial charge in [-0.2, -0.15) is 4.98 Å². The van der Waals surface area contributed by atoms with E-state index >= 15 is 0 Å². The smallest absolute Gasteiger partial charge is 0.287 e. The molecule has 3 rings (SSSR count). The van der Waals surface area contributed by atoms with Crippen LogP contribution in [-0.2, 0) is 0 Å². The van der Waals surface area contributed by atoms with Crippen LogP contribution in [0.3, 0.4) is 0 Å². The second kappa shape index (κ2) is 6.26. The van der Waals surface area contributed by atoms with E-state index in [0.29, 0.717) is 22.5 Å². The molecular weight excluding hydrogens is 318 g/mol. The predicted octanol–water partition coefficient (Wildman–Crippen LogP) is 3.78. The molecule has 0 aliphatic rings. The highest BCUT2D eigenvalue weighted by atomic mass is 35.5. The fourth-order valence-electron chi connectivity index (χ4n) is 2.01. The molecule has 0 saturated heterocycles. The number of rotatable bonds is 4. The Bertz CT molecular complexity index is 823. The molecule has 7 heteroatoms. The third kappa shape index (κ3) is 3.43. The average molecular weight is 332 g/mol. The Hall–Kier alpha value is -2.60. The molecule has 0 radical (unpaired) electrons. The van der Waals surface area contributed by atoms with E-state index in [9.17, 15) is 4.79 Å². The molecular formula is C16H14ClN3O3. The first-order valence-electron chi connectivity index (χ1n) is 7.00. The van der Waals surface area contributed by atoms with Crippen molar-refractivity contribution < 1.29 is 13.7 Å². The molecule has 0 fully saturated rings. The Morgan fingerprint density at radius 2 is 1.96 bits per heavy atom. The summed E-state index contributed by atoms with van der Waals surface area (Å²) < 4.78 is 10.5. The van der Waals surface area contributed by atoms with Crippen molar-refractivity contribution in [2.45, 2.75) is 19.9 Å². The quantitative estimate of drug-likeness (QED) is 0.786. The third-order valence-corrected chi connectivity index (χ3v) is 3.48. The molecule has 1 aromatic carbocycles. The summed E-state index contributed by atoms with van der Waals surface area (Å²) in [6.07, 6.45) is 0. The van der Waals surface area contributed by atoms with Crippen LogP contribution in [0, 0.1) is 6.92 Å². The summed E-state index contributed by atoms with van der Waals surface area (Å²) in [5.74, 6) is 1.33. The summed E-state index contributed by atoms with van der Waals surface area (Å²) in [4.78, 5) is 16.3. The Balaban J connectivity index is 1.72. The first-order chi connectivity index (χ1) is 11.0. The maximum absolute atomic E-state index is 12.0. The standard InChI is InChI=1S/C16H14ClN3O3/c1-9-3-8-13(22-9)15(21)18-10(2)16-19-14(20-23-16)11-4-6-12(17)7-5-11/h3-8,10H,1-2H3,(H,18,21). The Morgan fingerprint density at radius 3 is 2.61 bits per heavy atom. The predicted molar refractivity (Wildman–Crippen MR) is 84.1 cm³/mol. The summed E-state index contributed by atoms with van der Waals surface area (Å²) in [6.45, 7) is 3.53. The van der Waals surface area contributed by atoms with Gasteiger partial charge in [0.05, 0.1) is 0 Å². The number of nitrogens with zero attached hydrogens (tertiary/aromatic N) is 2. The number of amides is 1. The van der Waals surface area contributed by atoms with Crippen molar-refractivity contribution in [1.29, 1.82) is 0 Å². The van der Waals surface area contributed by atoms with Crippen molar-refractivity contribution in [2.24, 2.45) is 0 Å². The first kappa shape index (κ1) is 15.3. The minimum Gasteiger partial charge on any atom is -0.456 e. The van der Waals surface area contributed by atoms with Crippen LogP contribution in [0.2, 0.25) is 5.02 Å². The molecule has 118 valence electrons. The number of carbonyl (C=O) groups excluding carboxylic acids is 1. The van der Waals surface area contributed by atoms with E-state index in [1.165, 1.54) is 0 Å². The number of nitrogens with one attached hydrogen (secondary N) is 1. The SMILES string of the molecule is Cc1ccc(C(=O)NC(C)c2nc(-c3ccc(Cl)cc3)no2)o1. The molecule has 0 saturated carbocycles. The largest absolute Gasteiger partial charge is 0.456 e. The van der Waals surface area contributed by atoms with Gasteiger partial charge in [-0.3, -0.25) is 4.79 Å². The molecule has 3 aromatic rings. The highest BCUT2D eigenvalue weighted by Gasteiger charge is 2.19. The van der Waals surface area contributed by atoms with E-state index in [2.05, 4.69) is 15.5 Å². The van der Waals surface area contributed by atoms with Crippen molar-refractivity contribution in [3.8, 4) is 11.4 Å². The fraction of sp³-hybridized carbons (Fsp3) is 0.188. The molecule has 1 amide bonds. The Morgan fingerprint density at radius 1 is 1.22 bits per heavy atom. The fourth-order valence-corrected chi connectivity index (χ4v) is 2.14. The van der Waals surface area contributed by atoms with Crippen LogP contribution in [0.25, 0.3) is 11.4 Å². The van der Waals surface area contributed by atoms with Crippen molar-refractivity contribution in [3.05, 3.63) is 58.8 Å². The number of hydrogen-bond donors (Lipinski definition) is 1. The number of furan rings is 1. The van der Waals surface area contributed by atoms with Crippen molar-refractivity contribution in [3.63, 3.8) is 0 Å². The van der Waals surface area contributed by atoms with Gasteiger partial charge in [-0.05, 0) is 50.2 Å². The van der Waals surface area contributed by atoms with Crippen LogP contribution in [0.1, 0.15) is 35.2 Å². The minimum atomic E-state index is -0.443. The minimum absolute atomic E-state index is 0.242. The normalized spacial score (nSPS) is 12.1. The summed E-state index contributed by atoms with van der Waals surface area (Å²) in [5.41, 5.74) is 0.782. The second-order valence-electron chi connectivity index (χ2n) is 5.07. The molecule has 2 heterocycles. The van der Waals surface area contributed by atoms with Crippen molar-refractivity contribution >= 4 is 17.5 Å². The zero-order valence-electron chi connectivity index (χ0n) is 12.5. The highest BCUT2D eigenvalue weighted by Crippen LogP contribution is 2.21. The molecule has 1 unspecified atom stereocenters. The van der Waals surface area contributed by atoms with Crippen molar-refractivity contribution in [1.82, 2.24) is 15.5 Å². The topological polar surface area (TPSA) is 81.2 Å². The molecule has 0 aliphatic carbocycles. The van der Waals surface area contributed by atoms with Gasteiger partial charge in [0.1, 0.15) is 11.8 Å². The maximum atomic E-state index is 12.0. The molecule has 0 aliphatic heterocycles. The Labute approximate surface area is 137 Å². The van der Waals surface area contributed by atoms with E-state index in [-0.39, 0.29) is 11.7 Å². The van der Waals surface area contributed by atoms with Gasteiger partial charge >= 0.3 is 0 Å². The highest BCUT2D eigenvalue weighted by molar-refractivity contribution is 6.30. The van der Waals surface area contributed by atoms with Crippen molar-refractivity contribution in [2.75, 3.05) is 0 Å². The molecule has 0 spiro atoms. The van der Waals surface area contributed by atoms with E-state index in [1.54, 1.807) is 50.2 Å². The molecule has 2 aromatic heterocycles. The average Bonchev–Trinajstić information content (AvgIpc) is 3.17. The first-order valence-corrected chi connectivity index (χ1v) is 7.37. The number of benzene rings is 1. The summed E-state index contributed by atoms with van der Waals surface area (Å²) in [5, 5.41) is 7.30. The number of hydrogen-bond acceptors (Lipinski definition) is 5. The monoisotopic (exact) mass is 331 g/mol. The van der Waals surface area contributed by atoms with Crippen LogP contribution < -0.4 is 5.32 Å². The van der Waals surface area contributed by atoms with Crippen LogP contribution >= 0.6 is 11.6 Å². The lowest BCUT2D eigenvalue weighted by Crippen LogP contribution is -2.26. The second-order valence-corrected chi connectivity index (χ2v) is 5.50. The van der Waals surface area contributed by atoms with Gasteiger partial charge in [0.15, 0.2) is 5.76 Å². The van der Waals surface area contributed by atoms with E-state index in [1.807, 2.05) is 0 Å². The molecule has 1 N–H and O–H groups in total. The molecule has 1 atom stereocenters. The van der Waals surface area contributed by atoms with Gasteiger partial charge in [0.2, 0.25) is 11.7 Å². The molecule has 23 heavy (non-hydrogen) atoms. The van der Waals surface area contributed by atoms with E-state index < -0.39 is 6.04 Å². The zero-order valence-corrected chi connectivity index (χ0v) is 13.3.